The molecule has 10 nitrogen and oxygen atoms in total. The van der Waals surface area contributed by atoms with Crippen LogP contribution in [0.1, 0.15) is 132 Å². The number of aliphatic hydroxyl groups excluding tert-OH is 4. The van der Waals surface area contributed by atoms with Gasteiger partial charge in [-0.25, -0.2) is 0 Å². The number of hydrogen-bond donors (Lipinski definition) is 4. The molecule has 0 spiro atoms. The van der Waals surface area contributed by atoms with Gasteiger partial charge in [0.2, 0.25) is 0 Å². The number of fused-ring (bicyclic) bond motifs is 2. The summed E-state index contributed by atoms with van der Waals surface area (Å²) in [5.74, 6) is 1.29. The second-order valence-electron chi connectivity index (χ2n) is 19.6. The summed E-state index contributed by atoms with van der Waals surface area (Å²) < 4.78 is 11.1. The molecular formula is C55H74Cl2N4O6. The highest BCUT2D eigenvalue weighted by Crippen LogP contribution is 2.50. The lowest BCUT2D eigenvalue weighted by Crippen LogP contribution is -2.57. The van der Waals surface area contributed by atoms with E-state index in [1.807, 2.05) is 36.4 Å². The van der Waals surface area contributed by atoms with Crippen molar-refractivity contribution in [2.24, 2.45) is 10.8 Å². The number of ether oxygens (including phenoxy) is 2. The Kier molecular flexibility index (Phi) is 18.6. The first kappa shape index (κ1) is 51.3. The number of piperidine rings is 2. The molecule has 3 aromatic carbocycles. The van der Waals surface area contributed by atoms with Crippen molar-refractivity contribution in [3.8, 4) is 11.5 Å². The van der Waals surface area contributed by atoms with Gasteiger partial charge >= 0.3 is 0 Å². The highest BCUT2D eigenvalue weighted by Gasteiger charge is 2.51. The summed E-state index contributed by atoms with van der Waals surface area (Å²) >= 11 is 13.6. The van der Waals surface area contributed by atoms with Gasteiger partial charge in [0, 0.05) is 45.1 Å². The number of aliphatic hydroxyl groups is 4. The van der Waals surface area contributed by atoms with Gasteiger partial charge in [0.25, 0.3) is 0 Å². The third kappa shape index (κ3) is 12.6. The zero-order chi connectivity index (χ0) is 47.4. The number of unbranched alkanes of at least 4 members (excludes halogenated alkanes) is 5. The Bertz CT molecular complexity index is 2320. The lowest BCUT2D eigenvalue weighted by Gasteiger charge is -2.52. The minimum atomic E-state index is -1.07. The first-order valence-electron chi connectivity index (χ1n) is 24.9. The van der Waals surface area contributed by atoms with Gasteiger partial charge in [0.1, 0.15) is 11.5 Å². The fraction of sp³-hybridized carbons (Fsp3) is 0.564. The number of nitrogens with zero attached hydrogens (tertiary/aromatic N) is 4. The number of halogens is 2. The molecule has 0 bridgehead atoms. The van der Waals surface area contributed by atoms with E-state index in [2.05, 4.69) is 57.0 Å². The van der Waals surface area contributed by atoms with Gasteiger partial charge < -0.3 is 39.7 Å². The fourth-order valence-corrected chi connectivity index (χ4v) is 11.7. The molecule has 2 aliphatic rings. The fourth-order valence-electron chi connectivity index (χ4n) is 11.2. The average molecular weight is 958 g/mol. The topological polar surface area (TPSA) is 132 Å². The molecule has 4 atom stereocenters. The zero-order valence-corrected chi connectivity index (χ0v) is 41.5. The Morgan fingerprint density at radius 1 is 0.597 bits per heavy atom. The molecule has 4 N–H and O–H groups in total. The highest BCUT2D eigenvalue weighted by molar-refractivity contribution is 6.32. The van der Waals surface area contributed by atoms with E-state index >= 15 is 0 Å². The van der Waals surface area contributed by atoms with Gasteiger partial charge in [-0.1, -0.05) is 86.1 Å². The van der Waals surface area contributed by atoms with Gasteiger partial charge in [-0.3, -0.25) is 9.97 Å². The maximum absolute atomic E-state index is 13.0. The van der Waals surface area contributed by atoms with Crippen molar-refractivity contribution in [3.63, 3.8) is 0 Å². The molecule has 2 saturated heterocycles. The van der Waals surface area contributed by atoms with Gasteiger partial charge in [-0.2, -0.15) is 0 Å². The number of hydrogen-bond acceptors (Lipinski definition) is 10. The van der Waals surface area contributed by atoms with E-state index in [1.54, 1.807) is 26.6 Å². The third-order valence-corrected chi connectivity index (χ3v) is 16.1. The number of aromatic nitrogens is 2. The molecule has 0 radical (unpaired) electrons. The summed E-state index contributed by atoms with van der Waals surface area (Å²) in [6, 6.07) is 21.8. The van der Waals surface area contributed by atoms with Crippen LogP contribution < -0.4 is 9.47 Å². The Morgan fingerprint density at radius 3 is 1.49 bits per heavy atom. The van der Waals surface area contributed by atoms with Crippen molar-refractivity contribution < 1.29 is 29.9 Å². The van der Waals surface area contributed by atoms with E-state index in [4.69, 9.17) is 32.7 Å². The van der Waals surface area contributed by atoms with Crippen LogP contribution in [0.4, 0.5) is 0 Å². The summed E-state index contributed by atoms with van der Waals surface area (Å²) in [6.45, 7) is 7.42. The quantitative estimate of drug-likeness (QED) is 0.0443. The van der Waals surface area contributed by atoms with E-state index in [-0.39, 0.29) is 0 Å². The average Bonchev–Trinajstić information content (AvgIpc) is 3.36. The molecule has 7 rings (SSSR count). The molecule has 0 amide bonds. The van der Waals surface area contributed by atoms with Gasteiger partial charge in [-0.05, 0) is 158 Å². The molecule has 67 heavy (non-hydrogen) atoms. The number of rotatable bonds is 24. The van der Waals surface area contributed by atoms with Gasteiger partial charge in [-0.15, -0.1) is 0 Å². The van der Waals surface area contributed by atoms with Crippen molar-refractivity contribution in [2.75, 3.05) is 53.5 Å². The maximum atomic E-state index is 13.0. The summed E-state index contributed by atoms with van der Waals surface area (Å²) in [5.41, 5.74) is 2.61. The van der Waals surface area contributed by atoms with Crippen LogP contribution in [-0.2, 0) is 6.42 Å². The Hall–Kier alpha value is -3.58. The molecule has 364 valence electrons. The van der Waals surface area contributed by atoms with Crippen LogP contribution in [0.15, 0.2) is 79.1 Å². The molecule has 0 saturated carbocycles. The smallest absolute Gasteiger partial charge is 0.119 e. The van der Waals surface area contributed by atoms with Crippen molar-refractivity contribution in [1.82, 2.24) is 19.8 Å². The van der Waals surface area contributed by atoms with E-state index in [1.165, 1.54) is 31.2 Å². The van der Waals surface area contributed by atoms with Crippen LogP contribution in [0, 0.1) is 10.8 Å². The Morgan fingerprint density at radius 2 is 1.04 bits per heavy atom. The third-order valence-electron chi connectivity index (χ3n) is 15.5. The molecule has 2 fully saturated rings. The van der Waals surface area contributed by atoms with Crippen LogP contribution >= 0.6 is 23.2 Å². The number of aryl methyl sites for hydroxylation is 1. The van der Waals surface area contributed by atoms with Crippen LogP contribution in [0.2, 0.25) is 10.0 Å². The number of pyridine rings is 2. The predicted octanol–water partition coefficient (Wildman–Crippen LogP) is 11.3. The van der Waals surface area contributed by atoms with E-state index in [0.717, 1.165) is 75.7 Å². The van der Waals surface area contributed by atoms with Crippen molar-refractivity contribution >= 4 is 45.0 Å². The number of likely N-dealkylation sites (tertiary alicyclic amines) is 2. The molecular weight excluding hydrogens is 884 g/mol. The van der Waals surface area contributed by atoms with Crippen molar-refractivity contribution in [3.05, 3.63) is 106 Å². The molecule has 2 aromatic heterocycles. The summed E-state index contributed by atoms with van der Waals surface area (Å²) in [6.07, 6.45) is 12.9. The first-order valence-corrected chi connectivity index (χ1v) is 25.7. The van der Waals surface area contributed by atoms with Crippen LogP contribution in [0.5, 0.6) is 11.5 Å². The minimum Gasteiger partial charge on any atom is -0.497 e. The molecule has 2 aliphatic heterocycles. The first-order chi connectivity index (χ1) is 32.5. The zero-order valence-electron chi connectivity index (χ0n) is 40.0. The van der Waals surface area contributed by atoms with Crippen LogP contribution in [0.25, 0.3) is 21.8 Å². The van der Waals surface area contributed by atoms with Crippen LogP contribution in [0.3, 0.4) is 0 Å². The maximum Gasteiger partial charge on any atom is 0.119 e. The second kappa shape index (κ2) is 24.3. The van der Waals surface area contributed by atoms with Crippen molar-refractivity contribution in [1.29, 1.82) is 0 Å². The van der Waals surface area contributed by atoms with E-state index in [9.17, 15) is 20.4 Å². The van der Waals surface area contributed by atoms with Gasteiger partial charge in [0.15, 0.2) is 0 Å². The summed E-state index contributed by atoms with van der Waals surface area (Å²) in [7, 11) is 3.22. The molecule has 12 heteroatoms. The minimum absolute atomic E-state index is 0.339. The highest BCUT2D eigenvalue weighted by atomic mass is 35.5. The normalized spacial score (nSPS) is 18.5. The lowest BCUT2D eigenvalue weighted by molar-refractivity contribution is -0.156. The summed E-state index contributed by atoms with van der Waals surface area (Å²) in [5, 5.41) is 52.4. The summed E-state index contributed by atoms with van der Waals surface area (Å²) in [4.78, 5) is 14.1. The molecule has 0 aliphatic carbocycles. The predicted molar refractivity (Wildman–Crippen MR) is 271 cm³/mol. The lowest BCUT2D eigenvalue weighted by atomic mass is 9.61. The monoisotopic (exact) mass is 956 g/mol. The van der Waals surface area contributed by atoms with E-state index < -0.39 is 35.2 Å². The number of methoxy groups -OCH3 is 2. The van der Waals surface area contributed by atoms with Crippen molar-refractivity contribution in [2.45, 2.75) is 134 Å². The largest absolute Gasteiger partial charge is 0.497 e. The van der Waals surface area contributed by atoms with Gasteiger partial charge in [0.05, 0.1) is 59.7 Å². The standard InChI is InChI=1S/C55H74Cl2N4O6/c1-4-5-6-7-12-29-60-31-25-54(26-32-60,23-21-48(62)50-42-35-40(66-2)17-19-46(42)58-37-44(50)56)52(64)53(65)55(27-33-61(34-28-55)30-13-11-16-39-14-9-8-10-15-39)24-22-49(63)51-43-36-41(67-3)18-20-47(43)59-38-45(51)57/h8-10,14-15,17-20,35-38,48-49,52-53,62-65H,4-7,11-13,16,21-34H2,1-3H3/t48-,49-,52?,53?/m0/s1. The molecule has 4 heterocycles. The molecule has 2 unspecified atom stereocenters. The van der Waals surface area contributed by atoms with E-state index in [0.29, 0.717) is 95.1 Å². The Balaban J connectivity index is 1.14. The Labute approximate surface area is 408 Å². The molecule has 5 aromatic rings. The van der Waals surface area contributed by atoms with Crippen LogP contribution in [-0.4, -0.2) is 106 Å². The number of benzene rings is 3. The SMILES string of the molecule is CCCCCCCN1CCC(CC[C@H](O)c2c(Cl)cnc3ccc(OC)cc23)(C(O)C(O)C2(CC[C@H](O)c3c(Cl)cnc4ccc(OC)cc34)CCN(CCCCc3ccccc3)CC2)CC1. The second-order valence-corrected chi connectivity index (χ2v) is 20.4.